The molecule has 1 saturated carbocycles. The van der Waals surface area contributed by atoms with Crippen LogP contribution < -0.4 is 0 Å². The summed E-state index contributed by atoms with van der Waals surface area (Å²) in [7, 11) is 0. The van der Waals surface area contributed by atoms with Gasteiger partial charge in [0, 0.05) is 12.6 Å². The number of aromatic nitrogens is 2. The zero-order valence-corrected chi connectivity index (χ0v) is 8.87. The van der Waals surface area contributed by atoms with E-state index in [4.69, 9.17) is 5.11 Å². The summed E-state index contributed by atoms with van der Waals surface area (Å²) in [5.41, 5.74) is -1.54. The van der Waals surface area contributed by atoms with Crippen LogP contribution in [-0.4, -0.2) is 20.9 Å². The number of alkyl halides is 3. The molecular formula is C10H11F3N2O2. The molecule has 1 fully saturated rings. The van der Waals surface area contributed by atoms with Crippen molar-refractivity contribution in [3.63, 3.8) is 0 Å². The largest absolute Gasteiger partial charge is 0.477 e. The van der Waals surface area contributed by atoms with Crippen molar-refractivity contribution in [2.24, 2.45) is 5.92 Å². The lowest BCUT2D eigenvalue weighted by Gasteiger charge is -2.25. The Morgan fingerprint density at radius 1 is 1.53 bits per heavy atom. The van der Waals surface area contributed by atoms with E-state index >= 15 is 0 Å². The van der Waals surface area contributed by atoms with Gasteiger partial charge in [0.25, 0.3) is 0 Å². The number of hydrogen-bond acceptors (Lipinski definition) is 2. The Kier molecular flexibility index (Phi) is 2.84. The predicted octanol–water partition coefficient (Wildman–Crippen LogP) is 2.40. The van der Waals surface area contributed by atoms with E-state index in [9.17, 15) is 18.0 Å². The maximum atomic E-state index is 12.4. The summed E-state index contributed by atoms with van der Waals surface area (Å²) in [6, 6.07) is 0.584. The lowest BCUT2D eigenvalue weighted by molar-refractivity contribution is -0.141. The van der Waals surface area contributed by atoms with E-state index in [1.807, 2.05) is 0 Å². The van der Waals surface area contributed by atoms with Crippen molar-refractivity contribution >= 4 is 5.97 Å². The summed E-state index contributed by atoms with van der Waals surface area (Å²) in [5.74, 6) is -1.14. The highest BCUT2D eigenvalue weighted by atomic mass is 19.4. The fourth-order valence-corrected chi connectivity index (χ4v) is 1.79. The molecule has 0 amide bonds. The third-order valence-corrected chi connectivity index (χ3v) is 2.95. The third-order valence-electron chi connectivity index (χ3n) is 2.95. The first kappa shape index (κ1) is 11.9. The smallest absolute Gasteiger partial charge is 0.435 e. The number of aromatic carboxylic acids is 1. The molecule has 0 unspecified atom stereocenters. The first-order chi connectivity index (χ1) is 7.88. The average Bonchev–Trinajstić information content (AvgIpc) is 2.54. The van der Waals surface area contributed by atoms with Crippen LogP contribution in [0.1, 0.15) is 35.4 Å². The van der Waals surface area contributed by atoms with Crippen LogP contribution in [-0.2, 0) is 12.7 Å². The van der Waals surface area contributed by atoms with Gasteiger partial charge in [-0.1, -0.05) is 6.42 Å². The maximum absolute atomic E-state index is 12.4. The topological polar surface area (TPSA) is 55.1 Å². The van der Waals surface area contributed by atoms with E-state index < -0.39 is 23.5 Å². The van der Waals surface area contributed by atoms with Crippen LogP contribution in [0.5, 0.6) is 0 Å². The zero-order valence-electron chi connectivity index (χ0n) is 8.87. The van der Waals surface area contributed by atoms with Crippen LogP contribution in [0, 0.1) is 5.92 Å². The Balaban J connectivity index is 2.28. The van der Waals surface area contributed by atoms with Gasteiger partial charge in [0.1, 0.15) is 5.69 Å². The zero-order chi connectivity index (χ0) is 12.6. The van der Waals surface area contributed by atoms with Gasteiger partial charge in [-0.15, -0.1) is 0 Å². The van der Waals surface area contributed by atoms with Crippen LogP contribution in [0.2, 0.25) is 0 Å². The summed E-state index contributed by atoms with van der Waals surface area (Å²) >= 11 is 0. The molecule has 0 radical (unpaired) electrons. The quantitative estimate of drug-likeness (QED) is 0.893. The number of carboxylic acid groups (broad SMARTS) is 1. The van der Waals surface area contributed by atoms with E-state index in [1.165, 1.54) is 0 Å². The Morgan fingerprint density at radius 3 is 2.59 bits per heavy atom. The van der Waals surface area contributed by atoms with E-state index in [2.05, 4.69) is 5.10 Å². The number of carbonyl (C=O) groups is 1. The highest BCUT2D eigenvalue weighted by Gasteiger charge is 2.36. The van der Waals surface area contributed by atoms with E-state index in [-0.39, 0.29) is 12.5 Å². The number of hydrogen-bond donors (Lipinski definition) is 1. The summed E-state index contributed by atoms with van der Waals surface area (Å²) in [5, 5.41) is 12.2. The van der Waals surface area contributed by atoms with Crippen molar-refractivity contribution in [1.29, 1.82) is 0 Å². The third kappa shape index (κ3) is 2.42. The minimum atomic E-state index is -4.60. The Labute approximate surface area is 95.0 Å². The van der Waals surface area contributed by atoms with Crippen LogP contribution in [0.15, 0.2) is 6.07 Å². The van der Waals surface area contributed by atoms with Gasteiger partial charge in [0.15, 0.2) is 5.69 Å². The molecule has 17 heavy (non-hydrogen) atoms. The molecule has 0 saturated heterocycles. The molecule has 2 rings (SSSR count). The first-order valence-electron chi connectivity index (χ1n) is 5.26. The number of rotatable bonds is 3. The lowest BCUT2D eigenvalue weighted by atomic mass is 9.85. The van der Waals surface area contributed by atoms with Crippen molar-refractivity contribution in [3.8, 4) is 0 Å². The van der Waals surface area contributed by atoms with Crippen molar-refractivity contribution < 1.29 is 23.1 Å². The molecular weight excluding hydrogens is 237 g/mol. The molecule has 1 aromatic heterocycles. The number of halogens is 3. The van der Waals surface area contributed by atoms with Crippen LogP contribution in [0.3, 0.4) is 0 Å². The van der Waals surface area contributed by atoms with Gasteiger partial charge in [-0.25, -0.2) is 4.79 Å². The van der Waals surface area contributed by atoms with Crippen molar-refractivity contribution in [3.05, 3.63) is 17.5 Å². The predicted molar refractivity (Wildman–Crippen MR) is 51.5 cm³/mol. The molecule has 0 spiro atoms. The fraction of sp³-hybridized carbons (Fsp3) is 0.600. The average molecular weight is 248 g/mol. The summed E-state index contributed by atoms with van der Waals surface area (Å²) in [6.45, 7) is 0.248. The van der Waals surface area contributed by atoms with Crippen molar-refractivity contribution in [2.45, 2.75) is 32.0 Å². The second-order valence-electron chi connectivity index (χ2n) is 4.20. The molecule has 0 aromatic carbocycles. The second kappa shape index (κ2) is 4.05. The molecule has 1 aliphatic carbocycles. The monoisotopic (exact) mass is 248 g/mol. The molecule has 7 heteroatoms. The van der Waals surface area contributed by atoms with Crippen LogP contribution >= 0.6 is 0 Å². The molecule has 1 aliphatic rings. The van der Waals surface area contributed by atoms with Crippen LogP contribution in [0.4, 0.5) is 13.2 Å². The molecule has 4 nitrogen and oxygen atoms in total. The van der Waals surface area contributed by atoms with Gasteiger partial charge in [-0.2, -0.15) is 18.3 Å². The van der Waals surface area contributed by atoms with Gasteiger partial charge in [-0.05, 0) is 18.8 Å². The second-order valence-corrected chi connectivity index (χ2v) is 4.20. The minimum absolute atomic E-state index is 0.245. The molecule has 0 bridgehead atoms. The Bertz CT molecular complexity index is 435. The number of nitrogens with zero attached hydrogens (tertiary/aromatic N) is 2. The first-order valence-corrected chi connectivity index (χ1v) is 5.26. The number of carboxylic acids is 1. The Hall–Kier alpha value is -1.53. The van der Waals surface area contributed by atoms with Crippen molar-refractivity contribution in [2.75, 3.05) is 0 Å². The molecule has 1 N–H and O–H groups in total. The summed E-state index contributed by atoms with van der Waals surface area (Å²) in [6.07, 6.45) is -1.73. The van der Waals surface area contributed by atoms with Gasteiger partial charge in [0.2, 0.25) is 0 Å². The lowest BCUT2D eigenvalue weighted by Crippen LogP contribution is -2.21. The summed E-state index contributed by atoms with van der Waals surface area (Å²) in [4.78, 5) is 10.8. The fourth-order valence-electron chi connectivity index (χ4n) is 1.79. The molecule has 94 valence electrons. The summed E-state index contributed by atoms with van der Waals surface area (Å²) < 4.78 is 38.2. The van der Waals surface area contributed by atoms with E-state index in [0.717, 1.165) is 23.9 Å². The van der Waals surface area contributed by atoms with E-state index in [1.54, 1.807) is 0 Å². The standard InChI is InChI=1S/C10H11F3N2O2/c11-10(12,13)8-4-7(9(16)17)15(14-8)5-6-2-1-3-6/h4,6H,1-3,5H2,(H,16,17). The van der Waals surface area contributed by atoms with Gasteiger partial charge in [0.05, 0.1) is 0 Å². The highest BCUT2D eigenvalue weighted by Crippen LogP contribution is 2.31. The van der Waals surface area contributed by atoms with Crippen LogP contribution in [0.25, 0.3) is 0 Å². The Morgan fingerprint density at radius 2 is 2.18 bits per heavy atom. The van der Waals surface area contributed by atoms with Crippen molar-refractivity contribution in [1.82, 2.24) is 9.78 Å². The van der Waals surface area contributed by atoms with E-state index in [0.29, 0.717) is 6.07 Å². The molecule has 1 heterocycles. The normalized spacial score (nSPS) is 16.9. The maximum Gasteiger partial charge on any atom is 0.435 e. The highest BCUT2D eigenvalue weighted by molar-refractivity contribution is 5.85. The van der Waals surface area contributed by atoms with Gasteiger partial charge < -0.3 is 5.11 Å². The van der Waals surface area contributed by atoms with Gasteiger partial charge in [-0.3, -0.25) is 4.68 Å². The minimum Gasteiger partial charge on any atom is -0.477 e. The molecule has 1 aromatic rings. The molecule has 0 aliphatic heterocycles. The van der Waals surface area contributed by atoms with Gasteiger partial charge >= 0.3 is 12.1 Å². The SMILES string of the molecule is O=C(O)c1cc(C(F)(F)F)nn1CC1CCC1. The molecule has 0 atom stereocenters.